The summed E-state index contributed by atoms with van der Waals surface area (Å²) in [6, 6.07) is 7.19. The number of halogens is 1. The third-order valence-corrected chi connectivity index (χ3v) is 2.30. The molecule has 0 unspecified atom stereocenters. The molecule has 0 aliphatic rings. The molecule has 0 aliphatic heterocycles. The minimum Gasteiger partial charge on any atom is -0.444 e. The van der Waals surface area contributed by atoms with Gasteiger partial charge in [-0.2, -0.15) is 0 Å². The fraction of sp³-hybridized carbons (Fsp3) is 0.0909. The van der Waals surface area contributed by atoms with Crippen LogP contribution in [-0.4, -0.2) is 10.8 Å². The van der Waals surface area contributed by atoms with Gasteiger partial charge in [-0.25, -0.2) is 4.98 Å². The Bertz CT molecular complexity index is 505. The highest BCUT2D eigenvalue weighted by atomic mass is 35.5. The SMILES string of the molecule is CC(=O)c1coc(-c2ccccc2Cl)n1. The van der Waals surface area contributed by atoms with E-state index < -0.39 is 0 Å². The van der Waals surface area contributed by atoms with Gasteiger partial charge in [0.2, 0.25) is 5.89 Å². The second-order valence-electron chi connectivity index (χ2n) is 3.07. The van der Waals surface area contributed by atoms with Gasteiger partial charge in [-0.05, 0) is 12.1 Å². The van der Waals surface area contributed by atoms with Crippen LogP contribution < -0.4 is 0 Å². The molecule has 0 bridgehead atoms. The molecule has 1 aromatic heterocycles. The highest BCUT2D eigenvalue weighted by molar-refractivity contribution is 6.33. The molecule has 0 amide bonds. The molecule has 0 aliphatic carbocycles. The van der Waals surface area contributed by atoms with Gasteiger partial charge in [-0.15, -0.1) is 0 Å². The molecule has 0 atom stereocenters. The number of rotatable bonds is 2. The third-order valence-electron chi connectivity index (χ3n) is 1.97. The van der Waals surface area contributed by atoms with Gasteiger partial charge < -0.3 is 4.42 Å². The molecule has 2 aromatic rings. The largest absolute Gasteiger partial charge is 0.444 e. The second kappa shape index (κ2) is 3.87. The highest BCUT2D eigenvalue weighted by Crippen LogP contribution is 2.26. The van der Waals surface area contributed by atoms with Crippen molar-refractivity contribution in [3.63, 3.8) is 0 Å². The summed E-state index contributed by atoms with van der Waals surface area (Å²) in [5.74, 6) is 0.239. The van der Waals surface area contributed by atoms with Gasteiger partial charge in [0.15, 0.2) is 5.78 Å². The van der Waals surface area contributed by atoms with E-state index in [0.717, 1.165) is 0 Å². The van der Waals surface area contributed by atoms with Crippen LogP contribution in [0.15, 0.2) is 34.9 Å². The standard InChI is InChI=1S/C11H8ClNO2/c1-7(14)10-6-15-11(13-10)8-4-2-3-5-9(8)12/h2-6H,1H3. The van der Waals surface area contributed by atoms with Gasteiger partial charge in [-0.1, -0.05) is 23.7 Å². The lowest BCUT2D eigenvalue weighted by atomic mass is 10.2. The van der Waals surface area contributed by atoms with E-state index in [4.69, 9.17) is 16.0 Å². The Hall–Kier alpha value is -1.61. The Morgan fingerprint density at radius 2 is 2.13 bits per heavy atom. The number of Topliss-reactive ketones (excluding diaryl/α,β-unsaturated/α-hetero) is 1. The van der Waals surface area contributed by atoms with Crippen LogP contribution in [0.3, 0.4) is 0 Å². The van der Waals surface area contributed by atoms with Crippen molar-refractivity contribution in [1.29, 1.82) is 0 Å². The van der Waals surface area contributed by atoms with Crippen molar-refractivity contribution in [2.75, 3.05) is 0 Å². The normalized spacial score (nSPS) is 10.3. The molecule has 4 heteroatoms. The maximum atomic E-state index is 11.0. The summed E-state index contributed by atoms with van der Waals surface area (Å²) < 4.78 is 5.18. The lowest BCUT2D eigenvalue weighted by Crippen LogP contribution is -1.91. The third kappa shape index (κ3) is 1.92. The van der Waals surface area contributed by atoms with Crippen LogP contribution in [0.5, 0.6) is 0 Å². The molecule has 0 saturated heterocycles. The molecule has 0 spiro atoms. The molecule has 76 valence electrons. The van der Waals surface area contributed by atoms with E-state index in [1.165, 1.54) is 13.2 Å². The lowest BCUT2D eigenvalue weighted by Gasteiger charge is -1.96. The van der Waals surface area contributed by atoms with Gasteiger partial charge >= 0.3 is 0 Å². The monoisotopic (exact) mass is 221 g/mol. The minimum atomic E-state index is -0.128. The van der Waals surface area contributed by atoms with E-state index in [-0.39, 0.29) is 5.78 Å². The minimum absolute atomic E-state index is 0.128. The van der Waals surface area contributed by atoms with Crippen LogP contribution in [0, 0.1) is 0 Å². The van der Waals surface area contributed by atoms with Crippen LogP contribution in [0.4, 0.5) is 0 Å². The fourth-order valence-corrected chi connectivity index (χ4v) is 1.41. The smallest absolute Gasteiger partial charge is 0.228 e. The van der Waals surface area contributed by atoms with Gasteiger partial charge in [-0.3, -0.25) is 4.79 Å². The van der Waals surface area contributed by atoms with E-state index in [1.807, 2.05) is 12.1 Å². The topological polar surface area (TPSA) is 43.1 Å². The summed E-state index contributed by atoms with van der Waals surface area (Å²) in [5.41, 5.74) is 0.997. The molecular weight excluding hydrogens is 214 g/mol. The molecule has 1 aromatic carbocycles. The average molecular weight is 222 g/mol. The molecule has 0 saturated carbocycles. The molecule has 0 N–H and O–H groups in total. The zero-order valence-electron chi connectivity index (χ0n) is 8.03. The summed E-state index contributed by atoms with van der Waals surface area (Å²) in [7, 11) is 0. The van der Waals surface area contributed by atoms with Crippen molar-refractivity contribution >= 4 is 17.4 Å². The first-order valence-corrected chi connectivity index (χ1v) is 4.77. The first kappa shape index (κ1) is 9.93. The molecule has 2 rings (SSSR count). The zero-order valence-corrected chi connectivity index (χ0v) is 8.78. The predicted molar refractivity (Wildman–Crippen MR) is 57.0 cm³/mol. The van der Waals surface area contributed by atoms with E-state index in [0.29, 0.717) is 22.2 Å². The van der Waals surface area contributed by atoms with Crippen molar-refractivity contribution in [3.05, 3.63) is 41.2 Å². The van der Waals surface area contributed by atoms with Crippen molar-refractivity contribution in [2.45, 2.75) is 6.92 Å². The Kier molecular flexibility index (Phi) is 2.56. The molecule has 0 fully saturated rings. The predicted octanol–water partition coefficient (Wildman–Crippen LogP) is 3.20. The van der Waals surface area contributed by atoms with E-state index >= 15 is 0 Å². The Balaban J connectivity index is 2.46. The quantitative estimate of drug-likeness (QED) is 0.732. The Morgan fingerprint density at radius 1 is 1.40 bits per heavy atom. The first-order chi connectivity index (χ1) is 7.18. The molecular formula is C11H8ClNO2. The highest BCUT2D eigenvalue weighted by Gasteiger charge is 2.11. The van der Waals surface area contributed by atoms with E-state index in [1.54, 1.807) is 12.1 Å². The van der Waals surface area contributed by atoms with Crippen LogP contribution in [-0.2, 0) is 0 Å². The van der Waals surface area contributed by atoms with Crippen LogP contribution >= 0.6 is 11.6 Å². The first-order valence-electron chi connectivity index (χ1n) is 4.40. The number of aromatic nitrogens is 1. The van der Waals surface area contributed by atoms with E-state index in [2.05, 4.69) is 4.98 Å². The van der Waals surface area contributed by atoms with Gasteiger partial charge in [0.05, 0.1) is 10.6 Å². The number of oxazole rings is 1. The summed E-state index contributed by atoms with van der Waals surface area (Å²) >= 11 is 5.96. The molecule has 15 heavy (non-hydrogen) atoms. The van der Waals surface area contributed by atoms with Crippen molar-refractivity contribution in [3.8, 4) is 11.5 Å². The van der Waals surface area contributed by atoms with Crippen molar-refractivity contribution in [1.82, 2.24) is 4.98 Å². The number of carbonyl (C=O) groups excluding carboxylic acids is 1. The van der Waals surface area contributed by atoms with Gasteiger partial charge in [0, 0.05) is 6.92 Å². The molecule has 3 nitrogen and oxygen atoms in total. The number of hydrogen-bond acceptors (Lipinski definition) is 3. The summed E-state index contributed by atoms with van der Waals surface area (Å²) in [5, 5.41) is 0.550. The Morgan fingerprint density at radius 3 is 2.73 bits per heavy atom. The van der Waals surface area contributed by atoms with Crippen molar-refractivity contribution < 1.29 is 9.21 Å². The summed E-state index contributed by atoms with van der Waals surface area (Å²) in [6.45, 7) is 1.44. The Labute approximate surface area is 91.7 Å². The maximum absolute atomic E-state index is 11.0. The van der Waals surface area contributed by atoms with Gasteiger partial charge in [0.1, 0.15) is 12.0 Å². The fourth-order valence-electron chi connectivity index (χ4n) is 1.19. The van der Waals surface area contributed by atoms with E-state index in [9.17, 15) is 4.79 Å². The average Bonchev–Trinajstić information content (AvgIpc) is 2.67. The van der Waals surface area contributed by atoms with Crippen LogP contribution in [0.25, 0.3) is 11.5 Å². The van der Waals surface area contributed by atoms with Gasteiger partial charge in [0.25, 0.3) is 0 Å². The maximum Gasteiger partial charge on any atom is 0.228 e. The summed E-state index contributed by atoms with van der Waals surface area (Å²) in [4.78, 5) is 15.1. The number of hydrogen-bond donors (Lipinski definition) is 0. The number of benzene rings is 1. The van der Waals surface area contributed by atoms with Crippen molar-refractivity contribution in [2.24, 2.45) is 0 Å². The molecule has 1 heterocycles. The lowest BCUT2D eigenvalue weighted by molar-refractivity contribution is 0.101. The molecule has 0 radical (unpaired) electrons. The number of nitrogens with zero attached hydrogens (tertiary/aromatic N) is 1. The number of ketones is 1. The van der Waals surface area contributed by atoms with Crippen LogP contribution in [0.2, 0.25) is 5.02 Å². The second-order valence-corrected chi connectivity index (χ2v) is 3.48. The van der Waals surface area contributed by atoms with Crippen LogP contribution in [0.1, 0.15) is 17.4 Å². The summed E-state index contributed by atoms with van der Waals surface area (Å²) in [6.07, 6.45) is 1.33. The number of carbonyl (C=O) groups is 1. The zero-order chi connectivity index (χ0) is 10.8.